The average Bonchev–Trinajstić information content (AvgIpc) is 2.81. The number of imidazole rings is 1. The maximum Gasteiger partial charge on any atom is 0.257 e. The van der Waals surface area contributed by atoms with E-state index < -0.39 is 22.2 Å². The fraction of sp³-hybridized carbons (Fsp3) is 0.727. The van der Waals surface area contributed by atoms with Crippen LogP contribution in [0.1, 0.15) is 38.4 Å². The molecule has 2 unspecified atom stereocenters. The number of aromatic amines is 1. The highest BCUT2D eigenvalue weighted by molar-refractivity contribution is 7.89. The van der Waals surface area contributed by atoms with Gasteiger partial charge in [-0.3, -0.25) is 0 Å². The van der Waals surface area contributed by atoms with Gasteiger partial charge in [0.25, 0.3) is 10.0 Å². The van der Waals surface area contributed by atoms with Gasteiger partial charge in [-0.15, -0.1) is 0 Å². The van der Waals surface area contributed by atoms with Crippen LogP contribution in [-0.2, 0) is 16.4 Å². The van der Waals surface area contributed by atoms with E-state index >= 15 is 0 Å². The number of aliphatic hydroxyl groups is 1. The number of aromatic nitrogens is 2. The van der Waals surface area contributed by atoms with Crippen LogP contribution in [-0.4, -0.2) is 35.6 Å². The normalized spacial score (nSPS) is 25.2. The molecule has 1 fully saturated rings. The number of nitrogens with zero attached hydrogens (tertiary/aromatic N) is 1. The van der Waals surface area contributed by atoms with E-state index in [0.717, 1.165) is 12.8 Å². The Morgan fingerprint density at radius 2 is 2.22 bits per heavy atom. The van der Waals surface area contributed by atoms with Gasteiger partial charge in [-0.2, -0.15) is 0 Å². The number of aliphatic hydroxyl groups excluding tert-OH is 1. The number of hydrogen-bond acceptors (Lipinski definition) is 4. The number of nitrogens with one attached hydrogen (secondary N) is 2. The first kappa shape index (κ1) is 13.5. The Morgan fingerprint density at radius 1 is 1.50 bits per heavy atom. The molecule has 1 aliphatic carbocycles. The van der Waals surface area contributed by atoms with Crippen LogP contribution in [0.3, 0.4) is 0 Å². The summed E-state index contributed by atoms with van der Waals surface area (Å²) in [5.74, 6) is 0.638. The lowest BCUT2D eigenvalue weighted by molar-refractivity contribution is 0.101. The molecule has 3 N–H and O–H groups in total. The molecular weight excluding hydrogens is 254 g/mol. The van der Waals surface area contributed by atoms with Crippen molar-refractivity contribution in [3.05, 3.63) is 12.0 Å². The van der Waals surface area contributed by atoms with Gasteiger partial charge in [0.2, 0.25) is 0 Å². The summed E-state index contributed by atoms with van der Waals surface area (Å²) in [6, 6.07) is -0.392. The summed E-state index contributed by atoms with van der Waals surface area (Å²) in [5, 5.41) is 9.84. The van der Waals surface area contributed by atoms with Crippen molar-refractivity contribution in [3.8, 4) is 0 Å². The Bertz CT molecular complexity index is 497. The Morgan fingerprint density at radius 3 is 2.83 bits per heavy atom. The molecule has 7 heteroatoms. The Kier molecular flexibility index (Phi) is 4.04. The van der Waals surface area contributed by atoms with Crippen molar-refractivity contribution in [2.75, 3.05) is 0 Å². The van der Waals surface area contributed by atoms with Crippen LogP contribution in [0.2, 0.25) is 0 Å². The van der Waals surface area contributed by atoms with E-state index in [2.05, 4.69) is 14.7 Å². The summed E-state index contributed by atoms with van der Waals surface area (Å²) in [7, 11) is -3.61. The summed E-state index contributed by atoms with van der Waals surface area (Å²) in [4.78, 5) is 6.74. The van der Waals surface area contributed by atoms with Crippen molar-refractivity contribution < 1.29 is 13.5 Å². The molecule has 0 spiro atoms. The number of H-pyrrole nitrogens is 1. The van der Waals surface area contributed by atoms with Gasteiger partial charge < -0.3 is 10.1 Å². The van der Waals surface area contributed by atoms with Crippen LogP contribution in [0.25, 0.3) is 0 Å². The zero-order valence-corrected chi connectivity index (χ0v) is 11.2. The second kappa shape index (κ2) is 5.38. The molecule has 1 heterocycles. The topological polar surface area (TPSA) is 95.1 Å². The predicted octanol–water partition coefficient (Wildman–Crippen LogP) is 0.554. The molecule has 6 nitrogen and oxygen atoms in total. The lowest BCUT2D eigenvalue weighted by Gasteiger charge is -2.27. The number of aryl methyl sites for hydroxylation is 1. The quantitative estimate of drug-likeness (QED) is 0.746. The summed E-state index contributed by atoms with van der Waals surface area (Å²) in [6.45, 7) is 1.90. The Balaban J connectivity index is 2.11. The maximum atomic E-state index is 12.1. The lowest BCUT2D eigenvalue weighted by Crippen LogP contribution is -2.45. The molecule has 0 bridgehead atoms. The van der Waals surface area contributed by atoms with Gasteiger partial charge in [-0.25, -0.2) is 18.1 Å². The van der Waals surface area contributed by atoms with Crippen LogP contribution in [0.15, 0.2) is 11.2 Å². The average molecular weight is 273 g/mol. The minimum absolute atomic E-state index is 0.0668. The molecule has 1 aromatic rings. The van der Waals surface area contributed by atoms with Crippen molar-refractivity contribution in [1.82, 2.24) is 14.7 Å². The summed E-state index contributed by atoms with van der Waals surface area (Å²) >= 11 is 0. The zero-order chi connectivity index (χ0) is 13.2. The highest BCUT2D eigenvalue weighted by atomic mass is 32.2. The van der Waals surface area contributed by atoms with Gasteiger partial charge in [0.1, 0.15) is 5.82 Å². The molecule has 0 amide bonds. The lowest BCUT2D eigenvalue weighted by atomic mass is 9.93. The van der Waals surface area contributed by atoms with Gasteiger partial charge >= 0.3 is 0 Å². The van der Waals surface area contributed by atoms with E-state index in [1.807, 2.05) is 6.92 Å². The van der Waals surface area contributed by atoms with E-state index in [9.17, 15) is 13.5 Å². The zero-order valence-electron chi connectivity index (χ0n) is 10.4. The van der Waals surface area contributed by atoms with E-state index in [0.29, 0.717) is 25.1 Å². The van der Waals surface area contributed by atoms with Crippen LogP contribution < -0.4 is 4.72 Å². The van der Waals surface area contributed by atoms with Gasteiger partial charge in [0.05, 0.1) is 12.3 Å². The maximum absolute atomic E-state index is 12.1. The molecular formula is C11H19N3O3S. The highest BCUT2D eigenvalue weighted by Gasteiger charge is 2.28. The van der Waals surface area contributed by atoms with Gasteiger partial charge in [0, 0.05) is 12.5 Å². The SMILES string of the molecule is CCc1ncc(S(=O)(=O)NC2CCCCC2O)[nH]1. The minimum atomic E-state index is -3.61. The first-order chi connectivity index (χ1) is 8.53. The third kappa shape index (κ3) is 2.90. The molecule has 0 radical (unpaired) electrons. The minimum Gasteiger partial charge on any atom is -0.391 e. The number of sulfonamides is 1. The van der Waals surface area contributed by atoms with Crippen LogP contribution in [0.4, 0.5) is 0 Å². The van der Waals surface area contributed by atoms with Crippen molar-refractivity contribution in [3.63, 3.8) is 0 Å². The largest absolute Gasteiger partial charge is 0.391 e. The molecule has 18 heavy (non-hydrogen) atoms. The molecule has 2 rings (SSSR count). The smallest absolute Gasteiger partial charge is 0.257 e. The third-order valence-corrected chi connectivity index (χ3v) is 4.67. The van der Waals surface area contributed by atoms with E-state index in [1.165, 1.54) is 6.20 Å². The molecule has 1 saturated carbocycles. The van der Waals surface area contributed by atoms with Crippen molar-refractivity contribution >= 4 is 10.0 Å². The van der Waals surface area contributed by atoms with Gasteiger partial charge in [-0.05, 0) is 12.8 Å². The van der Waals surface area contributed by atoms with Crippen LogP contribution in [0.5, 0.6) is 0 Å². The Hall–Kier alpha value is -0.920. The number of rotatable bonds is 4. The molecule has 102 valence electrons. The molecule has 1 aromatic heterocycles. The van der Waals surface area contributed by atoms with Gasteiger partial charge in [0.15, 0.2) is 5.03 Å². The summed E-state index contributed by atoms with van der Waals surface area (Å²) in [5.41, 5.74) is 0. The van der Waals surface area contributed by atoms with Crippen LogP contribution >= 0.6 is 0 Å². The fourth-order valence-electron chi connectivity index (χ4n) is 2.17. The van der Waals surface area contributed by atoms with E-state index in [4.69, 9.17) is 0 Å². The number of hydrogen-bond donors (Lipinski definition) is 3. The second-order valence-corrected chi connectivity index (χ2v) is 6.31. The van der Waals surface area contributed by atoms with Crippen LogP contribution in [0, 0.1) is 0 Å². The highest BCUT2D eigenvalue weighted by Crippen LogP contribution is 2.20. The van der Waals surface area contributed by atoms with Gasteiger partial charge in [-0.1, -0.05) is 19.8 Å². The summed E-state index contributed by atoms with van der Waals surface area (Å²) < 4.78 is 26.7. The fourth-order valence-corrected chi connectivity index (χ4v) is 3.42. The second-order valence-electron chi connectivity index (χ2n) is 4.63. The first-order valence-electron chi connectivity index (χ1n) is 6.27. The molecule has 0 saturated heterocycles. The van der Waals surface area contributed by atoms with Crippen molar-refractivity contribution in [2.24, 2.45) is 0 Å². The summed E-state index contributed by atoms with van der Waals surface area (Å²) in [6.07, 6.45) is 4.59. The molecule has 0 aromatic carbocycles. The third-order valence-electron chi connectivity index (χ3n) is 3.27. The predicted molar refractivity (Wildman–Crippen MR) is 66.6 cm³/mol. The molecule has 0 aliphatic heterocycles. The monoisotopic (exact) mass is 273 g/mol. The van der Waals surface area contributed by atoms with E-state index in [-0.39, 0.29) is 5.03 Å². The Labute approximate surface area is 107 Å². The first-order valence-corrected chi connectivity index (χ1v) is 7.75. The standard InChI is InChI=1S/C11H19N3O3S/c1-2-10-12-7-11(13-10)18(16,17)14-8-5-3-4-6-9(8)15/h7-9,14-15H,2-6H2,1H3,(H,12,13). The molecule has 2 atom stereocenters. The van der Waals surface area contributed by atoms with E-state index in [1.54, 1.807) is 0 Å². The van der Waals surface area contributed by atoms with Crippen molar-refractivity contribution in [1.29, 1.82) is 0 Å². The van der Waals surface area contributed by atoms with Crippen molar-refractivity contribution in [2.45, 2.75) is 56.2 Å². The molecule has 1 aliphatic rings.